The maximum absolute atomic E-state index is 12.2. The first-order valence-corrected chi connectivity index (χ1v) is 8.51. The molecule has 1 fully saturated rings. The lowest BCUT2D eigenvalue weighted by molar-refractivity contribution is 0.0398. The molecule has 2 N–H and O–H groups in total. The van der Waals surface area contributed by atoms with Gasteiger partial charge in [0, 0.05) is 49.3 Å². The molecule has 1 aliphatic rings. The lowest BCUT2D eigenvalue weighted by Crippen LogP contribution is -2.39. The van der Waals surface area contributed by atoms with Gasteiger partial charge in [-0.3, -0.25) is 9.69 Å². The van der Waals surface area contributed by atoms with Gasteiger partial charge in [0.1, 0.15) is 0 Å². The van der Waals surface area contributed by atoms with Crippen molar-refractivity contribution in [1.29, 1.82) is 0 Å². The molecular formula is C17H20ClN5O2. The van der Waals surface area contributed by atoms with Crippen molar-refractivity contribution in [3.63, 3.8) is 0 Å². The second kappa shape index (κ2) is 8.75. The van der Waals surface area contributed by atoms with E-state index in [0.717, 1.165) is 39.4 Å². The van der Waals surface area contributed by atoms with Crippen LogP contribution in [0.15, 0.2) is 36.7 Å². The van der Waals surface area contributed by atoms with Crippen LogP contribution in [0, 0.1) is 0 Å². The number of benzene rings is 1. The number of aromatic nitrogens is 2. The number of hydrogen-bond donors (Lipinski definition) is 2. The number of nitrogens with one attached hydrogen (secondary N) is 2. The molecule has 2 heterocycles. The minimum Gasteiger partial charge on any atom is -0.379 e. The summed E-state index contributed by atoms with van der Waals surface area (Å²) in [6.45, 7) is 5.12. The Bertz CT molecular complexity index is 704. The summed E-state index contributed by atoms with van der Waals surface area (Å²) in [4.78, 5) is 22.9. The van der Waals surface area contributed by atoms with Crippen LogP contribution < -0.4 is 10.6 Å². The predicted octanol–water partition coefficient (Wildman–Crippen LogP) is 2.13. The Kier molecular flexibility index (Phi) is 6.16. The molecule has 3 rings (SSSR count). The van der Waals surface area contributed by atoms with Gasteiger partial charge in [-0.25, -0.2) is 9.97 Å². The normalized spacial score (nSPS) is 14.9. The van der Waals surface area contributed by atoms with Crippen molar-refractivity contribution in [2.24, 2.45) is 0 Å². The third-order valence-electron chi connectivity index (χ3n) is 3.81. The summed E-state index contributed by atoms with van der Waals surface area (Å²) in [5.74, 6) is 0.231. The number of morpholine rings is 1. The summed E-state index contributed by atoms with van der Waals surface area (Å²) >= 11 is 5.91. The molecule has 25 heavy (non-hydrogen) atoms. The number of anilines is 2. The third kappa shape index (κ3) is 5.38. The summed E-state index contributed by atoms with van der Waals surface area (Å²) in [6.07, 6.45) is 3.01. The summed E-state index contributed by atoms with van der Waals surface area (Å²) in [5.41, 5.74) is 1.02. The first kappa shape index (κ1) is 17.6. The molecule has 1 aliphatic heterocycles. The summed E-state index contributed by atoms with van der Waals surface area (Å²) in [7, 11) is 0. The number of carbonyl (C=O) groups is 1. The van der Waals surface area contributed by atoms with Crippen molar-refractivity contribution in [1.82, 2.24) is 14.9 Å². The largest absolute Gasteiger partial charge is 0.379 e. The lowest BCUT2D eigenvalue weighted by atomic mass is 10.3. The third-order valence-corrected chi connectivity index (χ3v) is 4.05. The van der Waals surface area contributed by atoms with E-state index >= 15 is 0 Å². The molecule has 8 heteroatoms. The molecule has 0 spiro atoms. The zero-order valence-electron chi connectivity index (χ0n) is 13.7. The van der Waals surface area contributed by atoms with Gasteiger partial charge in [0.2, 0.25) is 5.95 Å². The van der Waals surface area contributed by atoms with Gasteiger partial charge in [-0.1, -0.05) is 17.7 Å². The zero-order valence-corrected chi connectivity index (χ0v) is 14.5. The number of carbonyl (C=O) groups excluding carboxylic acids is 1. The van der Waals surface area contributed by atoms with Crippen LogP contribution in [0.3, 0.4) is 0 Å². The monoisotopic (exact) mass is 361 g/mol. The number of ether oxygens (including phenoxy) is 1. The van der Waals surface area contributed by atoms with Gasteiger partial charge >= 0.3 is 0 Å². The maximum atomic E-state index is 12.2. The minimum absolute atomic E-state index is 0.276. The van der Waals surface area contributed by atoms with Crippen molar-refractivity contribution in [3.05, 3.63) is 47.2 Å². The highest BCUT2D eigenvalue weighted by atomic mass is 35.5. The van der Waals surface area contributed by atoms with Crippen LogP contribution in [0.5, 0.6) is 0 Å². The van der Waals surface area contributed by atoms with E-state index in [0.29, 0.717) is 22.2 Å². The number of amides is 1. The van der Waals surface area contributed by atoms with Crippen LogP contribution in [-0.2, 0) is 4.74 Å². The fourth-order valence-electron chi connectivity index (χ4n) is 2.46. The van der Waals surface area contributed by atoms with Gasteiger partial charge in [-0.05, 0) is 18.2 Å². The molecule has 0 unspecified atom stereocenters. The van der Waals surface area contributed by atoms with Gasteiger partial charge in [0.05, 0.1) is 18.8 Å². The van der Waals surface area contributed by atoms with E-state index in [1.165, 1.54) is 12.4 Å². The topological polar surface area (TPSA) is 79.4 Å². The molecule has 7 nitrogen and oxygen atoms in total. The summed E-state index contributed by atoms with van der Waals surface area (Å²) in [6, 6.07) is 6.97. The van der Waals surface area contributed by atoms with Crippen LogP contribution in [0.1, 0.15) is 10.4 Å². The first-order valence-electron chi connectivity index (χ1n) is 8.14. The van der Waals surface area contributed by atoms with E-state index in [1.807, 2.05) is 0 Å². The van der Waals surface area contributed by atoms with Crippen molar-refractivity contribution in [2.75, 3.05) is 50.0 Å². The average molecular weight is 362 g/mol. The lowest BCUT2D eigenvalue weighted by Gasteiger charge is -2.26. The van der Waals surface area contributed by atoms with E-state index < -0.39 is 0 Å². The Morgan fingerprint density at radius 2 is 2.00 bits per heavy atom. The molecule has 0 saturated carbocycles. The van der Waals surface area contributed by atoms with E-state index in [1.54, 1.807) is 24.3 Å². The van der Waals surface area contributed by atoms with Gasteiger partial charge in [0.25, 0.3) is 5.91 Å². The number of rotatable bonds is 6. The highest BCUT2D eigenvalue weighted by Crippen LogP contribution is 2.15. The average Bonchev–Trinajstić information content (AvgIpc) is 2.63. The molecule has 0 atom stereocenters. The second-order valence-corrected chi connectivity index (χ2v) is 6.08. The fraction of sp³-hybridized carbons (Fsp3) is 0.353. The summed E-state index contributed by atoms with van der Waals surface area (Å²) < 4.78 is 5.32. The molecule has 1 saturated heterocycles. The highest BCUT2D eigenvalue weighted by molar-refractivity contribution is 6.30. The van der Waals surface area contributed by atoms with Gasteiger partial charge in [0.15, 0.2) is 0 Å². The van der Waals surface area contributed by atoms with E-state index in [4.69, 9.17) is 16.3 Å². The van der Waals surface area contributed by atoms with Gasteiger partial charge in [-0.2, -0.15) is 0 Å². The number of nitrogens with zero attached hydrogens (tertiary/aromatic N) is 3. The number of hydrogen-bond acceptors (Lipinski definition) is 6. The Morgan fingerprint density at radius 1 is 1.24 bits per heavy atom. The highest BCUT2D eigenvalue weighted by Gasteiger charge is 2.10. The number of halogens is 1. The molecule has 2 aromatic rings. The van der Waals surface area contributed by atoms with Crippen LogP contribution in [0.25, 0.3) is 0 Å². The zero-order chi connectivity index (χ0) is 17.5. The molecule has 1 amide bonds. The van der Waals surface area contributed by atoms with Crippen molar-refractivity contribution in [3.8, 4) is 0 Å². The molecule has 0 radical (unpaired) electrons. The fourth-order valence-corrected chi connectivity index (χ4v) is 2.65. The Labute approximate surface area is 151 Å². The Balaban J connectivity index is 1.48. The first-order chi connectivity index (χ1) is 12.2. The van der Waals surface area contributed by atoms with Crippen molar-refractivity contribution < 1.29 is 9.53 Å². The maximum Gasteiger partial charge on any atom is 0.258 e. The van der Waals surface area contributed by atoms with Crippen molar-refractivity contribution >= 4 is 29.1 Å². The van der Waals surface area contributed by atoms with Crippen LogP contribution in [0.2, 0.25) is 5.02 Å². The van der Waals surface area contributed by atoms with Crippen LogP contribution >= 0.6 is 11.6 Å². The van der Waals surface area contributed by atoms with E-state index in [2.05, 4.69) is 25.5 Å². The standard InChI is InChI=1S/C17H20ClN5O2/c18-14-2-1-3-15(10-14)22-16(24)13-11-20-17(21-12-13)19-4-5-23-6-8-25-9-7-23/h1-3,10-12H,4-9H2,(H,22,24)(H,19,20,21). The molecular weight excluding hydrogens is 342 g/mol. The predicted molar refractivity (Wildman–Crippen MR) is 97.2 cm³/mol. The van der Waals surface area contributed by atoms with Crippen LogP contribution in [-0.4, -0.2) is 60.2 Å². The van der Waals surface area contributed by atoms with E-state index in [9.17, 15) is 4.79 Å². The van der Waals surface area contributed by atoms with Crippen molar-refractivity contribution in [2.45, 2.75) is 0 Å². The van der Waals surface area contributed by atoms with Crippen LogP contribution in [0.4, 0.5) is 11.6 Å². The SMILES string of the molecule is O=C(Nc1cccc(Cl)c1)c1cnc(NCCN2CCOCC2)nc1. The second-order valence-electron chi connectivity index (χ2n) is 5.64. The molecule has 1 aromatic carbocycles. The van der Waals surface area contributed by atoms with Gasteiger partial charge < -0.3 is 15.4 Å². The summed E-state index contributed by atoms with van der Waals surface area (Å²) in [5, 5.41) is 6.49. The Morgan fingerprint density at radius 3 is 2.72 bits per heavy atom. The van der Waals surface area contributed by atoms with E-state index in [-0.39, 0.29) is 5.91 Å². The quantitative estimate of drug-likeness (QED) is 0.820. The molecule has 0 bridgehead atoms. The molecule has 0 aliphatic carbocycles. The molecule has 132 valence electrons. The molecule has 1 aromatic heterocycles. The Hall–Kier alpha value is -2.22. The smallest absolute Gasteiger partial charge is 0.258 e. The van der Waals surface area contributed by atoms with Gasteiger partial charge in [-0.15, -0.1) is 0 Å². The minimum atomic E-state index is -0.276.